The first-order valence-electron chi connectivity index (χ1n) is 4.13. The minimum absolute atomic E-state index is 0.202. The van der Waals surface area contributed by atoms with E-state index in [4.69, 9.17) is 9.47 Å². The Kier molecular flexibility index (Phi) is 3.36. The maximum absolute atomic E-state index is 11.1. The normalized spacial score (nSPS) is 24.6. The van der Waals surface area contributed by atoms with Crippen molar-refractivity contribution in [2.75, 3.05) is 13.2 Å². The predicted molar refractivity (Wildman–Crippen MR) is 40.2 cm³/mol. The zero-order valence-electron chi connectivity index (χ0n) is 6.84. The van der Waals surface area contributed by atoms with Crippen LogP contribution in [0.1, 0.15) is 26.2 Å². The summed E-state index contributed by atoms with van der Waals surface area (Å²) < 4.78 is 10.0. The summed E-state index contributed by atoms with van der Waals surface area (Å²) in [5.74, 6) is -0.202. The third-order valence-electron chi connectivity index (χ3n) is 1.73. The Labute approximate surface area is 66.7 Å². The van der Waals surface area contributed by atoms with E-state index in [1.54, 1.807) is 6.92 Å². The molecule has 0 radical (unpaired) electrons. The molecular formula is C8H14O3. The van der Waals surface area contributed by atoms with Crippen LogP contribution in [0.15, 0.2) is 0 Å². The van der Waals surface area contributed by atoms with Gasteiger partial charge in [-0.2, -0.15) is 0 Å². The van der Waals surface area contributed by atoms with E-state index in [9.17, 15) is 4.79 Å². The molecule has 3 heteroatoms. The van der Waals surface area contributed by atoms with Crippen LogP contribution in [-0.4, -0.2) is 25.3 Å². The van der Waals surface area contributed by atoms with Gasteiger partial charge in [0.05, 0.1) is 6.61 Å². The summed E-state index contributed by atoms with van der Waals surface area (Å²) in [5.41, 5.74) is 0. The molecule has 1 atom stereocenters. The van der Waals surface area contributed by atoms with Crippen LogP contribution < -0.4 is 0 Å². The Balaban J connectivity index is 2.27. The molecule has 1 heterocycles. The van der Waals surface area contributed by atoms with Crippen molar-refractivity contribution >= 4 is 5.97 Å². The standard InChI is InChI=1S/C8H14O3/c1-2-10-8(9)7-5-3-4-6-11-7/h7H,2-6H2,1H3. The van der Waals surface area contributed by atoms with Gasteiger partial charge in [-0.05, 0) is 26.2 Å². The second kappa shape index (κ2) is 4.34. The molecule has 0 N–H and O–H groups in total. The average Bonchev–Trinajstić information content (AvgIpc) is 2.07. The van der Waals surface area contributed by atoms with Gasteiger partial charge >= 0.3 is 5.97 Å². The molecule has 0 aliphatic carbocycles. The summed E-state index contributed by atoms with van der Waals surface area (Å²) in [4.78, 5) is 11.1. The van der Waals surface area contributed by atoms with Crippen LogP contribution in [0.4, 0.5) is 0 Å². The molecule has 1 aliphatic rings. The van der Waals surface area contributed by atoms with E-state index < -0.39 is 0 Å². The van der Waals surface area contributed by atoms with Gasteiger partial charge in [0.25, 0.3) is 0 Å². The third-order valence-corrected chi connectivity index (χ3v) is 1.73. The highest BCUT2D eigenvalue weighted by Crippen LogP contribution is 2.13. The van der Waals surface area contributed by atoms with Crippen molar-refractivity contribution in [3.05, 3.63) is 0 Å². The van der Waals surface area contributed by atoms with Crippen molar-refractivity contribution in [3.63, 3.8) is 0 Å². The third kappa shape index (κ3) is 2.50. The molecule has 0 aromatic carbocycles. The minimum Gasteiger partial charge on any atom is -0.464 e. The SMILES string of the molecule is CCOC(=O)C1CCCCO1. The first-order valence-corrected chi connectivity index (χ1v) is 4.13. The Morgan fingerprint density at radius 2 is 2.45 bits per heavy atom. The number of carbonyl (C=O) groups is 1. The van der Waals surface area contributed by atoms with Crippen LogP contribution in [0, 0.1) is 0 Å². The molecule has 3 nitrogen and oxygen atoms in total. The quantitative estimate of drug-likeness (QED) is 0.565. The fourth-order valence-corrected chi connectivity index (χ4v) is 1.16. The van der Waals surface area contributed by atoms with E-state index in [-0.39, 0.29) is 12.1 Å². The number of hydrogen-bond acceptors (Lipinski definition) is 3. The molecule has 0 amide bonds. The van der Waals surface area contributed by atoms with Crippen molar-refractivity contribution in [2.24, 2.45) is 0 Å². The average molecular weight is 158 g/mol. The Morgan fingerprint density at radius 1 is 1.64 bits per heavy atom. The van der Waals surface area contributed by atoms with Crippen molar-refractivity contribution < 1.29 is 14.3 Å². The summed E-state index contributed by atoms with van der Waals surface area (Å²) in [5, 5.41) is 0. The Morgan fingerprint density at radius 3 is 3.00 bits per heavy atom. The zero-order valence-corrected chi connectivity index (χ0v) is 6.84. The molecule has 0 saturated carbocycles. The highest BCUT2D eigenvalue weighted by molar-refractivity contribution is 5.74. The molecule has 0 spiro atoms. The largest absolute Gasteiger partial charge is 0.464 e. The van der Waals surface area contributed by atoms with E-state index in [1.807, 2.05) is 0 Å². The van der Waals surface area contributed by atoms with Crippen molar-refractivity contribution in [3.8, 4) is 0 Å². The van der Waals surface area contributed by atoms with Crippen molar-refractivity contribution in [2.45, 2.75) is 32.3 Å². The maximum atomic E-state index is 11.1. The van der Waals surface area contributed by atoms with Gasteiger partial charge < -0.3 is 9.47 Å². The smallest absolute Gasteiger partial charge is 0.335 e. The molecule has 1 aliphatic heterocycles. The van der Waals surface area contributed by atoms with Gasteiger partial charge in [0, 0.05) is 6.61 Å². The number of carbonyl (C=O) groups excluding carboxylic acids is 1. The lowest BCUT2D eigenvalue weighted by molar-refractivity contribution is -0.159. The monoisotopic (exact) mass is 158 g/mol. The summed E-state index contributed by atoms with van der Waals surface area (Å²) >= 11 is 0. The first kappa shape index (κ1) is 8.53. The van der Waals surface area contributed by atoms with E-state index >= 15 is 0 Å². The van der Waals surface area contributed by atoms with E-state index in [0.29, 0.717) is 13.2 Å². The molecule has 0 aromatic heterocycles. The molecule has 64 valence electrons. The molecule has 0 aromatic rings. The van der Waals surface area contributed by atoms with Crippen LogP contribution in [0.25, 0.3) is 0 Å². The molecular weight excluding hydrogens is 144 g/mol. The number of hydrogen-bond donors (Lipinski definition) is 0. The van der Waals surface area contributed by atoms with Gasteiger partial charge in [0.2, 0.25) is 0 Å². The topological polar surface area (TPSA) is 35.5 Å². The number of esters is 1. The van der Waals surface area contributed by atoms with E-state index in [1.165, 1.54) is 0 Å². The Hall–Kier alpha value is -0.570. The van der Waals surface area contributed by atoms with Crippen molar-refractivity contribution in [1.29, 1.82) is 0 Å². The molecule has 1 unspecified atom stereocenters. The number of rotatable bonds is 2. The second-order valence-corrected chi connectivity index (χ2v) is 2.61. The predicted octanol–water partition coefficient (Wildman–Crippen LogP) is 1.12. The highest BCUT2D eigenvalue weighted by Gasteiger charge is 2.22. The van der Waals surface area contributed by atoms with Crippen LogP contribution >= 0.6 is 0 Å². The van der Waals surface area contributed by atoms with Crippen LogP contribution in [0.2, 0.25) is 0 Å². The fourth-order valence-electron chi connectivity index (χ4n) is 1.16. The molecule has 1 fully saturated rings. The Bertz CT molecular complexity index is 127. The molecule has 0 bridgehead atoms. The van der Waals surface area contributed by atoms with Gasteiger partial charge in [-0.1, -0.05) is 0 Å². The molecule has 1 saturated heterocycles. The lowest BCUT2D eigenvalue weighted by atomic mass is 10.1. The van der Waals surface area contributed by atoms with Crippen molar-refractivity contribution in [1.82, 2.24) is 0 Å². The first-order chi connectivity index (χ1) is 5.34. The highest BCUT2D eigenvalue weighted by atomic mass is 16.6. The molecule has 1 rings (SSSR count). The molecule has 11 heavy (non-hydrogen) atoms. The van der Waals surface area contributed by atoms with Gasteiger partial charge in [0.15, 0.2) is 6.10 Å². The second-order valence-electron chi connectivity index (χ2n) is 2.61. The fraction of sp³-hybridized carbons (Fsp3) is 0.875. The lowest BCUT2D eigenvalue weighted by Crippen LogP contribution is -2.29. The van der Waals surface area contributed by atoms with E-state index in [0.717, 1.165) is 19.3 Å². The zero-order chi connectivity index (χ0) is 8.10. The van der Waals surface area contributed by atoms with Gasteiger partial charge in [-0.3, -0.25) is 0 Å². The summed E-state index contributed by atoms with van der Waals surface area (Å²) in [7, 11) is 0. The van der Waals surface area contributed by atoms with Crippen LogP contribution in [0.5, 0.6) is 0 Å². The van der Waals surface area contributed by atoms with Gasteiger partial charge in [0.1, 0.15) is 0 Å². The van der Waals surface area contributed by atoms with Crippen LogP contribution in [0.3, 0.4) is 0 Å². The summed E-state index contributed by atoms with van der Waals surface area (Å²) in [6.07, 6.45) is 2.67. The van der Waals surface area contributed by atoms with E-state index in [2.05, 4.69) is 0 Å². The summed E-state index contributed by atoms with van der Waals surface area (Å²) in [6.45, 7) is 2.95. The van der Waals surface area contributed by atoms with Crippen LogP contribution in [-0.2, 0) is 14.3 Å². The number of ether oxygens (including phenoxy) is 2. The summed E-state index contributed by atoms with van der Waals surface area (Å²) in [6, 6.07) is 0. The minimum atomic E-state index is -0.288. The van der Waals surface area contributed by atoms with Gasteiger partial charge in [-0.25, -0.2) is 4.79 Å². The maximum Gasteiger partial charge on any atom is 0.335 e. The van der Waals surface area contributed by atoms with Gasteiger partial charge in [-0.15, -0.1) is 0 Å². The lowest BCUT2D eigenvalue weighted by Gasteiger charge is -2.20.